The maximum Gasteiger partial charge on any atom is 0.247 e. The Hall–Kier alpha value is -3.08. The normalized spacial score (nSPS) is 17.5. The predicted octanol–water partition coefficient (Wildman–Crippen LogP) is 2.41. The standard InChI is InChI=1S/C20H19N3O2/c24-18(12-15-13-22-17-9-5-4-8-16(15)17)23-11-10-21-20(25)19(23)14-6-2-1-3-7-14/h1-9,13,19,22H,10-12H2,(H,21,25). The number of para-hydroxylation sites is 1. The third-order valence-corrected chi connectivity index (χ3v) is 4.66. The van der Waals surface area contributed by atoms with Crippen molar-refractivity contribution in [2.45, 2.75) is 12.5 Å². The van der Waals surface area contributed by atoms with Crippen molar-refractivity contribution in [2.24, 2.45) is 0 Å². The van der Waals surface area contributed by atoms with Crippen molar-refractivity contribution in [3.05, 3.63) is 71.9 Å². The zero-order chi connectivity index (χ0) is 17.2. The molecule has 1 unspecified atom stereocenters. The van der Waals surface area contributed by atoms with Gasteiger partial charge in [0.2, 0.25) is 11.8 Å². The summed E-state index contributed by atoms with van der Waals surface area (Å²) in [5, 5.41) is 3.91. The maximum atomic E-state index is 13.0. The number of aromatic nitrogens is 1. The van der Waals surface area contributed by atoms with E-state index in [1.165, 1.54) is 0 Å². The van der Waals surface area contributed by atoms with Crippen molar-refractivity contribution in [3.8, 4) is 0 Å². The number of nitrogens with one attached hydrogen (secondary N) is 2. The Morgan fingerprint density at radius 3 is 2.68 bits per heavy atom. The van der Waals surface area contributed by atoms with E-state index in [4.69, 9.17) is 0 Å². The molecule has 1 saturated heterocycles. The third kappa shape index (κ3) is 2.89. The molecule has 0 spiro atoms. The Bertz CT molecular complexity index is 917. The number of hydrogen-bond acceptors (Lipinski definition) is 2. The number of fused-ring (bicyclic) bond motifs is 1. The summed E-state index contributed by atoms with van der Waals surface area (Å²) in [6, 6.07) is 16.8. The van der Waals surface area contributed by atoms with Gasteiger partial charge < -0.3 is 15.2 Å². The van der Waals surface area contributed by atoms with E-state index in [0.29, 0.717) is 13.1 Å². The van der Waals surface area contributed by atoms with Crippen LogP contribution >= 0.6 is 0 Å². The van der Waals surface area contributed by atoms with Gasteiger partial charge in [0.25, 0.3) is 0 Å². The topological polar surface area (TPSA) is 65.2 Å². The molecule has 126 valence electrons. The summed E-state index contributed by atoms with van der Waals surface area (Å²) in [4.78, 5) is 30.3. The van der Waals surface area contributed by atoms with Crippen molar-refractivity contribution < 1.29 is 9.59 Å². The van der Waals surface area contributed by atoms with Crippen LogP contribution in [0.1, 0.15) is 17.2 Å². The van der Waals surface area contributed by atoms with Crippen LogP contribution in [0.4, 0.5) is 0 Å². The first kappa shape index (κ1) is 15.4. The lowest BCUT2D eigenvalue weighted by Gasteiger charge is -2.35. The summed E-state index contributed by atoms with van der Waals surface area (Å²) in [5.41, 5.74) is 2.81. The van der Waals surface area contributed by atoms with Gasteiger partial charge in [-0.3, -0.25) is 9.59 Å². The van der Waals surface area contributed by atoms with E-state index in [9.17, 15) is 9.59 Å². The van der Waals surface area contributed by atoms with Crippen LogP contribution in [0.3, 0.4) is 0 Å². The van der Waals surface area contributed by atoms with E-state index in [1.807, 2.05) is 60.8 Å². The lowest BCUT2D eigenvalue weighted by molar-refractivity contribution is -0.143. The van der Waals surface area contributed by atoms with Gasteiger partial charge >= 0.3 is 0 Å². The molecule has 0 bridgehead atoms. The zero-order valence-electron chi connectivity index (χ0n) is 13.7. The van der Waals surface area contributed by atoms with Gasteiger partial charge in [-0.1, -0.05) is 48.5 Å². The second-order valence-electron chi connectivity index (χ2n) is 6.23. The average Bonchev–Trinajstić information content (AvgIpc) is 3.05. The first-order chi connectivity index (χ1) is 12.2. The molecule has 2 amide bonds. The fourth-order valence-electron chi connectivity index (χ4n) is 3.44. The molecule has 0 radical (unpaired) electrons. The van der Waals surface area contributed by atoms with Gasteiger partial charge in [0.05, 0.1) is 6.42 Å². The van der Waals surface area contributed by atoms with Crippen molar-refractivity contribution >= 4 is 22.7 Å². The molecule has 1 aliphatic rings. The summed E-state index contributed by atoms with van der Waals surface area (Å²) in [6.45, 7) is 1.01. The van der Waals surface area contributed by atoms with Crippen molar-refractivity contribution in [1.29, 1.82) is 0 Å². The summed E-state index contributed by atoms with van der Waals surface area (Å²) in [6.07, 6.45) is 2.16. The number of rotatable bonds is 3. The highest BCUT2D eigenvalue weighted by molar-refractivity contribution is 5.93. The Morgan fingerprint density at radius 2 is 1.84 bits per heavy atom. The minimum atomic E-state index is -0.562. The Kier molecular flexibility index (Phi) is 3.98. The van der Waals surface area contributed by atoms with Crippen LogP contribution in [0, 0.1) is 0 Å². The SMILES string of the molecule is O=C1NCCN(C(=O)Cc2c[nH]c3ccccc23)C1c1ccccc1. The largest absolute Gasteiger partial charge is 0.361 e. The molecule has 5 nitrogen and oxygen atoms in total. The molecule has 3 aromatic rings. The van der Waals surface area contributed by atoms with Crippen LogP contribution in [-0.2, 0) is 16.0 Å². The quantitative estimate of drug-likeness (QED) is 0.773. The molecule has 1 aliphatic heterocycles. The minimum Gasteiger partial charge on any atom is -0.361 e. The number of H-pyrrole nitrogens is 1. The molecule has 5 heteroatoms. The van der Waals surface area contributed by atoms with Gasteiger partial charge in [0.1, 0.15) is 6.04 Å². The number of carbonyl (C=O) groups excluding carboxylic acids is 2. The predicted molar refractivity (Wildman–Crippen MR) is 95.9 cm³/mol. The van der Waals surface area contributed by atoms with E-state index in [2.05, 4.69) is 10.3 Å². The van der Waals surface area contributed by atoms with Crippen LogP contribution in [0.25, 0.3) is 10.9 Å². The molecule has 4 rings (SSSR count). The first-order valence-electron chi connectivity index (χ1n) is 8.41. The molecule has 2 N–H and O–H groups in total. The number of benzene rings is 2. The van der Waals surface area contributed by atoms with Crippen LogP contribution in [0.5, 0.6) is 0 Å². The van der Waals surface area contributed by atoms with Crippen LogP contribution < -0.4 is 5.32 Å². The van der Waals surface area contributed by atoms with E-state index >= 15 is 0 Å². The van der Waals surface area contributed by atoms with Gasteiger partial charge in [-0.05, 0) is 17.2 Å². The van der Waals surface area contributed by atoms with Crippen LogP contribution in [-0.4, -0.2) is 34.8 Å². The van der Waals surface area contributed by atoms with Gasteiger partial charge in [-0.15, -0.1) is 0 Å². The molecule has 2 aromatic carbocycles. The summed E-state index contributed by atoms with van der Waals surface area (Å²) < 4.78 is 0. The molecule has 1 aromatic heterocycles. The minimum absolute atomic E-state index is 0.0338. The molecule has 2 heterocycles. The summed E-state index contributed by atoms with van der Waals surface area (Å²) in [5.74, 6) is -0.154. The van der Waals surface area contributed by atoms with E-state index in [-0.39, 0.29) is 18.2 Å². The highest BCUT2D eigenvalue weighted by Crippen LogP contribution is 2.25. The molecule has 0 aliphatic carbocycles. The molecular weight excluding hydrogens is 314 g/mol. The first-order valence-corrected chi connectivity index (χ1v) is 8.41. The Labute approximate surface area is 145 Å². The van der Waals surface area contributed by atoms with Gasteiger partial charge in [0, 0.05) is 30.2 Å². The molecule has 1 atom stereocenters. The lowest BCUT2D eigenvalue weighted by Crippen LogP contribution is -2.52. The maximum absolute atomic E-state index is 13.0. The van der Waals surface area contributed by atoms with Crippen LogP contribution in [0.2, 0.25) is 0 Å². The second kappa shape index (κ2) is 6.43. The Balaban J connectivity index is 1.62. The highest BCUT2D eigenvalue weighted by Gasteiger charge is 2.34. The summed E-state index contributed by atoms with van der Waals surface area (Å²) >= 11 is 0. The van der Waals surface area contributed by atoms with Gasteiger partial charge in [-0.25, -0.2) is 0 Å². The molecule has 1 fully saturated rings. The monoisotopic (exact) mass is 333 g/mol. The second-order valence-corrected chi connectivity index (χ2v) is 6.23. The fourth-order valence-corrected chi connectivity index (χ4v) is 3.44. The average molecular weight is 333 g/mol. The number of carbonyl (C=O) groups is 2. The van der Waals surface area contributed by atoms with E-state index in [0.717, 1.165) is 22.0 Å². The fraction of sp³-hybridized carbons (Fsp3) is 0.200. The molecular formula is C20H19N3O2. The number of aromatic amines is 1. The number of nitrogens with zero attached hydrogens (tertiary/aromatic N) is 1. The number of amides is 2. The Morgan fingerprint density at radius 1 is 1.08 bits per heavy atom. The third-order valence-electron chi connectivity index (χ3n) is 4.66. The molecule has 25 heavy (non-hydrogen) atoms. The summed E-state index contributed by atoms with van der Waals surface area (Å²) in [7, 11) is 0. The molecule has 0 saturated carbocycles. The smallest absolute Gasteiger partial charge is 0.247 e. The van der Waals surface area contributed by atoms with E-state index in [1.54, 1.807) is 4.90 Å². The number of piperazine rings is 1. The zero-order valence-corrected chi connectivity index (χ0v) is 13.7. The number of hydrogen-bond donors (Lipinski definition) is 2. The highest BCUT2D eigenvalue weighted by atomic mass is 16.2. The van der Waals surface area contributed by atoms with Crippen LogP contribution in [0.15, 0.2) is 60.8 Å². The van der Waals surface area contributed by atoms with Crippen molar-refractivity contribution in [1.82, 2.24) is 15.2 Å². The van der Waals surface area contributed by atoms with Crippen molar-refractivity contribution in [3.63, 3.8) is 0 Å². The van der Waals surface area contributed by atoms with E-state index < -0.39 is 6.04 Å². The lowest BCUT2D eigenvalue weighted by atomic mass is 10.0. The van der Waals surface area contributed by atoms with Crippen molar-refractivity contribution in [2.75, 3.05) is 13.1 Å². The van der Waals surface area contributed by atoms with Gasteiger partial charge in [-0.2, -0.15) is 0 Å². The van der Waals surface area contributed by atoms with Gasteiger partial charge in [0.15, 0.2) is 0 Å².